The Morgan fingerprint density at radius 1 is 0.759 bits per heavy atom. The Balaban J connectivity index is 1.87. The third-order valence-corrected chi connectivity index (χ3v) is 5.63. The molecule has 164 valence electrons. The van der Waals surface area contributed by atoms with Crippen LogP contribution >= 0.6 is 0 Å². The van der Waals surface area contributed by atoms with Gasteiger partial charge < -0.3 is 23.7 Å². The number of unbranched alkanes of at least 4 members (excludes halogenated alkanes) is 4. The van der Waals surface area contributed by atoms with Gasteiger partial charge >= 0.3 is 5.97 Å². The summed E-state index contributed by atoms with van der Waals surface area (Å²) in [6.45, 7) is 2.31. The number of carbonyl (C=O) groups excluding carboxylic acids is 1. The van der Waals surface area contributed by atoms with E-state index in [9.17, 15) is 4.79 Å². The van der Waals surface area contributed by atoms with E-state index in [1.807, 2.05) is 6.92 Å². The zero-order chi connectivity index (χ0) is 21.2. The first-order valence-electron chi connectivity index (χ1n) is 10.6. The molecule has 1 aliphatic rings. The summed E-state index contributed by atoms with van der Waals surface area (Å²) in [5.74, 6) is 3.23. The Hall–Kier alpha value is -2.11. The molecule has 2 rings (SSSR count). The number of esters is 1. The molecule has 1 aromatic rings. The lowest BCUT2D eigenvalue weighted by molar-refractivity contribution is -0.143. The largest absolute Gasteiger partial charge is 0.492 e. The summed E-state index contributed by atoms with van der Waals surface area (Å²) in [4.78, 5) is 11.3. The SMILES string of the molecule is CCOC(=O)CCCCCCCC1Cc2c(c(OC)c(OC)c(OC)c2OC)C1. The Kier molecular flexibility index (Phi) is 9.42. The molecule has 1 aromatic carbocycles. The topological polar surface area (TPSA) is 63.2 Å². The number of methoxy groups -OCH3 is 4. The molecule has 0 heterocycles. The van der Waals surface area contributed by atoms with Crippen molar-refractivity contribution in [2.75, 3.05) is 35.0 Å². The minimum absolute atomic E-state index is 0.0787. The van der Waals surface area contributed by atoms with Crippen molar-refractivity contribution in [2.24, 2.45) is 5.92 Å². The minimum atomic E-state index is -0.0787. The highest BCUT2D eigenvalue weighted by molar-refractivity contribution is 5.69. The molecule has 0 fully saturated rings. The van der Waals surface area contributed by atoms with E-state index in [-0.39, 0.29) is 5.97 Å². The number of hydrogen-bond donors (Lipinski definition) is 0. The predicted octanol–water partition coefficient (Wildman–Crippen LogP) is 4.73. The van der Waals surface area contributed by atoms with Crippen molar-refractivity contribution < 1.29 is 28.5 Å². The molecule has 29 heavy (non-hydrogen) atoms. The Labute approximate surface area is 174 Å². The van der Waals surface area contributed by atoms with Gasteiger partial charge in [-0.05, 0) is 38.5 Å². The standard InChI is InChI=1S/C23H36O6/c1-6-29-19(24)13-11-9-7-8-10-12-16-14-17-18(15-16)21(26-3)23(28-5)22(27-4)20(17)25-2/h16H,6-15H2,1-5H3. The smallest absolute Gasteiger partial charge is 0.305 e. The van der Waals surface area contributed by atoms with Gasteiger partial charge in [0, 0.05) is 17.5 Å². The normalized spacial score (nSPS) is 13.1. The molecule has 0 aromatic heterocycles. The van der Waals surface area contributed by atoms with E-state index in [0.29, 0.717) is 30.4 Å². The molecule has 0 N–H and O–H groups in total. The summed E-state index contributed by atoms with van der Waals surface area (Å²) in [7, 11) is 6.60. The highest BCUT2D eigenvalue weighted by atomic mass is 16.5. The molecule has 0 radical (unpaired) electrons. The molecule has 0 saturated carbocycles. The summed E-state index contributed by atoms with van der Waals surface area (Å²) < 4.78 is 27.4. The molecule has 6 heteroatoms. The van der Waals surface area contributed by atoms with Crippen LogP contribution in [0, 0.1) is 5.92 Å². The molecule has 0 atom stereocenters. The van der Waals surface area contributed by atoms with Gasteiger partial charge in [0.25, 0.3) is 0 Å². The summed E-state index contributed by atoms with van der Waals surface area (Å²) in [5, 5.41) is 0. The Morgan fingerprint density at radius 2 is 1.24 bits per heavy atom. The third-order valence-electron chi connectivity index (χ3n) is 5.63. The van der Waals surface area contributed by atoms with Crippen LogP contribution in [0.2, 0.25) is 0 Å². The molecular formula is C23H36O6. The number of fused-ring (bicyclic) bond motifs is 1. The number of hydrogen-bond acceptors (Lipinski definition) is 6. The quantitative estimate of drug-likeness (QED) is 0.347. The fraction of sp³-hybridized carbons (Fsp3) is 0.696. The van der Waals surface area contributed by atoms with Gasteiger partial charge in [0.1, 0.15) is 0 Å². The summed E-state index contributed by atoms with van der Waals surface area (Å²) >= 11 is 0. The van der Waals surface area contributed by atoms with Crippen molar-refractivity contribution in [1.82, 2.24) is 0 Å². The second-order valence-corrected chi connectivity index (χ2v) is 7.48. The molecule has 1 aliphatic carbocycles. The van der Waals surface area contributed by atoms with E-state index in [1.165, 1.54) is 30.4 Å². The predicted molar refractivity (Wildman–Crippen MR) is 113 cm³/mol. The Bertz CT molecular complexity index is 629. The average Bonchev–Trinajstić information content (AvgIpc) is 3.14. The molecule has 0 bridgehead atoms. The van der Waals surface area contributed by atoms with Gasteiger partial charge in [-0.1, -0.05) is 25.7 Å². The number of ether oxygens (including phenoxy) is 5. The van der Waals surface area contributed by atoms with Gasteiger partial charge in [0.2, 0.25) is 11.5 Å². The molecule has 0 aliphatic heterocycles. The second-order valence-electron chi connectivity index (χ2n) is 7.48. The van der Waals surface area contributed by atoms with E-state index in [1.54, 1.807) is 28.4 Å². The lowest BCUT2D eigenvalue weighted by Gasteiger charge is -2.19. The van der Waals surface area contributed by atoms with Crippen molar-refractivity contribution in [1.29, 1.82) is 0 Å². The third kappa shape index (κ3) is 5.71. The fourth-order valence-electron chi connectivity index (χ4n) is 4.31. The van der Waals surface area contributed by atoms with Gasteiger partial charge in [-0.25, -0.2) is 0 Å². The van der Waals surface area contributed by atoms with Crippen LogP contribution in [0.1, 0.15) is 63.0 Å². The first-order chi connectivity index (χ1) is 14.1. The molecule has 0 saturated heterocycles. The van der Waals surface area contributed by atoms with Crippen molar-refractivity contribution in [3.63, 3.8) is 0 Å². The van der Waals surface area contributed by atoms with Crippen LogP contribution in [0.3, 0.4) is 0 Å². The first kappa shape index (κ1) is 23.2. The highest BCUT2D eigenvalue weighted by Gasteiger charge is 2.33. The Morgan fingerprint density at radius 3 is 1.72 bits per heavy atom. The first-order valence-corrected chi connectivity index (χ1v) is 10.6. The van der Waals surface area contributed by atoms with Crippen molar-refractivity contribution >= 4 is 5.97 Å². The van der Waals surface area contributed by atoms with Crippen LogP contribution in [-0.2, 0) is 22.4 Å². The molecule has 0 amide bonds. The van der Waals surface area contributed by atoms with Crippen LogP contribution in [0.4, 0.5) is 0 Å². The zero-order valence-electron chi connectivity index (χ0n) is 18.6. The van der Waals surface area contributed by atoms with Crippen LogP contribution in [0.25, 0.3) is 0 Å². The maximum absolute atomic E-state index is 11.3. The highest BCUT2D eigenvalue weighted by Crippen LogP contribution is 2.53. The van der Waals surface area contributed by atoms with Crippen molar-refractivity contribution in [2.45, 2.75) is 64.7 Å². The monoisotopic (exact) mass is 408 g/mol. The maximum atomic E-state index is 11.3. The average molecular weight is 409 g/mol. The molecule has 0 unspecified atom stereocenters. The van der Waals surface area contributed by atoms with E-state index in [4.69, 9.17) is 23.7 Å². The van der Waals surface area contributed by atoms with Gasteiger partial charge in [0.05, 0.1) is 35.0 Å². The molecular weight excluding hydrogens is 372 g/mol. The van der Waals surface area contributed by atoms with E-state index in [0.717, 1.165) is 43.6 Å². The van der Waals surface area contributed by atoms with Crippen molar-refractivity contribution in [3.8, 4) is 23.0 Å². The number of benzene rings is 1. The van der Waals surface area contributed by atoms with Crippen molar-refractivity contribution in [3.05, 3.63) is 11.1 Å². The maximum Gasteiger partial charge on any atom is 0.305 e. The lowest BCUT2D eigenvalue weighted by atomic mass is 9.97. The van der Waals surface area contributed by atoms with Gasteiger partial charge in [-0.3, -0.25) is 4.79 Å². The second kappa shape index (κ2) is 11.8. The molecule has 6 nitrogen and oxygen atoms in total. The fourth-order valence-corrected chi connectivity index (χ4v) is 4.31. The minimum Gasteiger partial charge on any atom is -0.492 e. The zero-order valence-corrected chi connectivity index (χ0v) is 18.6. The van der Waals surface area contributed by atoms with E-state index < -0.39 is 0 Å². The summed E-state index contributed by atoms with van der Waals surface area (Å²) in [5.41, 5.74) is 2.36. The van der Waals surface area contributed by atoms with Gasteiger partial charge in [-0.2, -0.15) is 0 Å². The van der Waals surface area contributed by atoms with Gasteiger partial charge in [0.15, 0.2) is 11.5 Å². The number of rotatable bonds is 13. The van der Waals surface area contributed by atoms with Crippen LogP contribution in [0.5, 0.6) is 23.0 Å². The van der Waals surface area contributed by atoms with Crippen LogP contribution in [0.15, 0.2) is 0 Å². The van der Waals surface area contributed by atoms with E-state index in [2.05, 4.69) is 0 Å². The van der Waals surface area contributed by atoms with E-state index >= 15 is 0 Å². The molecule has 0 spiro atoms. The summed E-state index contributed by atoms with van der Waals surface area (Å²) in [6.07, 6.45) is 9.19. The van der Waals surface area contributed by atoms with Gasteiger partial charge in [-0.15, -0.1) is 0 Å². The summed E-state index contributed by atoms with van der Waals surface area (Å²) in [6, 6.07) is 0. The number of carbonyl (C=O) groups is 1. The van der Waals surface area contributed by atoms with Crippen LogP contribution in [-0.4, -0.2) is 41.0 Å². The lowest BCUT2D eigenvalue weighted by Crippen LogP contribution is -2.03. The van der Waals surface area contributed by atoms with Crippen LogP contribution < -0.4 is 18.9 Å².